The highest BCUT2D eigenvalue weighted by Crippen LogP contribution is 2.34. The zero-order valence-corrected chi connectivity index (χ0v) is 20.0. The third-order valence-corrected chi connectivity index (χ3v) is 6.37. The lowest BCUT2D eigenvalue weighted by molar-refractivity contribution is 0.0833. The van der Waals surface area contributed by atoms with Crippen molar-refractivity contribution in [3.63, 3.8) is 0 Å². The van der Waals surface area contributed by atoms with E-state index in [1.165, 1.54) is 28.3 Å². The number of aromatic nitrogens is 3. The molecule has 0 unspecified atom stereocenters. The van der Waals surface area contributed by atoms with E-state index in [1.807, 2.05) is 72.8 Å². The molecule has 0 saturated carbocycles. The smallest absolute Gasteiger partial charge is 0.258 e. The Kier molecular flexibility index (Phi) is 6.75. The van der Waals surface area contributed by atoms with Crippen LogP contribution in [0.15, 0.2) is 88.9 Å². The van der Waals surface area contributed by atoms with Gasteiger partial charge in [-0.3, -0.25) is 14.6 Å². The lowest BCUT2D eigenvalue weighted by atomic mass is 10.2. The van der Waals surface area contributed by atoms with Crippen molar-refractivity contribution in [3.8, 4) is 0 Å². The van der Waals surface area contributed by atoms with Crippen molar-refractivity contribution in [1.82, 2.24) is 19.7 Å². The molecule has 4 rings (SSSR count). The van der Waals surface area contributed by atoms with Crippen LogP contribution in [0.25, 0.3) is 23.1 Å². The molecular weight excluding hydrogens is 444 g/mol. The molecule has 170 valence electrons. The van der Waals surface area contributed by atoms with Gasteiger partial charge in [-0.1, -0.05) is 36.5 Å². The molecule has 6 nitrogen and oxygen atoms in total. The molecule has 34 heavy (non-hydrogen) atoms. The fraction of sp³-hybridized carbons (Fsp3) is 0.111. The standard InChI is InChI=1S/C27H24N4O2S/c1-18(2)30(4)27(33)23-10-5-6-11-26(23)34-21-13-14-22-24(15-12-20-9-7-8-16-28-20)29-31(19(3)32)25(22)17-21/h5-17H,1H2,2-4H3/b15-12+. The third-order valence-electron chi connectivity index (χ3n) is 5.30. The van der Waals surface area contributed by atoms with Crippen molar-refractivity contribution in [2.24, 2.45) is 0 Å². The fourth-order valence-corrected chi connectivity index (χ4v) is 4.37. The average molecular weight is 469 g/mol. The Morgan fingerprint density at radius 3 is 2.50 bits per heavy atom. The monoisotopic (exact) mass is 468 g/mol. The van der Waals surface area contributed by atoms with Gasteiger partial charge in [0.15, 0.2) is 0 Å². The van der Waals surface area contributed by atoms with Gasteiger partial charge in [0.2, 0.25) is 5.91 Å². The molecule has 0 aliphatic rings. The second-order valence-corrected chi connectivity index (χ2v) is 8.90. The zero-order valence-electron chi connectivity index (χ0n) is 19.2. The molecule has 1 amide bonds. The normalized spacial score (nSPS) is 11.1. The summed E-state index contributed by atoms with van der Waals surface area (Å²) in [7, 11) is 1.71. The lowest BCUT2D eigenvalue weighted by Gasteiger charge is -2.18. The number of allylic oxidation sites excluding steroid dienone is 1. The maximum absolute atomic E-state index is 12.9. The average Bonchev–Trinajstić information content (AvgIpc) is 3.21. The summed E-state index contributed by atoms with van der Waals surface area (Å²) in [6.07, 6.45) is 5.46. The summed E-state index contributed by atoms with van der Waals surface area (Å²) in [5.41, 5.74) is 3.47. The van der Waals surface area contributed by atoms with E-state index in [0.29, 0.717) is 22.5 Å². The maximum Gasteiger partial charge on any atom is 0.258 e. The summed E-state index contributed by atoms with van der Waals surface area (Å²) in [5, 5.41) is 5.37. The predicted octanol–water partition coefficient (Wildman–Crippen LogP) is 6.02. The Balaban J connectivity index is 1.71. The number of benzene rings is 2. The molecule has 0 radical (unpaired) electrons. The van der Waals surface area contributed by atoms with Gasteiger partial charge in [-0.25, -0.2) is 0 Å². The number of amides is 1. The molecule has 2 aromatic heterocycles. The molecule has 7 heteroatoms. The number of hydrogen-bond acceptors (Lipinski definition) is 5. The summed E-state index contributed by atoms with van der Waals surface area (Å²) in [6.45, 7) is 7.14. The molecule has 0 atom stereocenters. The molecule has 0 spiro atoms. The lowest BCUT2D eigenvalue weighted by Crippen LogP contribution is -2.24. The number of fused-ring (bicyclic) bond motifs is 1. The molecule has 0 N–H and O–H groups in total. The van der Waals surface area contributed by atoms with Crippen molar-refractivity contribution in [2.45, 2.75) is 23.6 Å². The van der Waals surface area contributed by atoms with Crippen molar-refractivity contribution in [2.75, 3.05) is 7.05 Å². The Bertz CT molecular complexity index is 1420. The quantitative estimate of drug-likeness (QED) is 0.346. The van der Waals surface area contributed by atoms with E-state index in [9.17, 15) is 9.59 Å². The summed E-state index contributed by atoms with van der Waals surface area (Å²) in [6, 6.07) is 19.0. The van der Waals surface area contributed by atoms with Crippen molar-refractivity contribution in [3.05, 3.63) is 96.1 Å². The van der Waals surface area contributed by atoms with Crippen LogP contribution in [0.3, 0.4) is 0 Å². The van der Waals surface area contributed by atoms with Crippen molar-refractivity contribution in [1.29, 1.82) is 0 Å². The van der Waals surface area contributed by atoms with Crippen LogP contribution in [-0.4, -0.2) is 38.5 Å². The van der Waals surface area contributed by atoms with Crippen LogP contribution in [0.4, 0.5) is 0 Å². The van der Waals surface area contributed by atoms with Crippen LogP contribution in [0, 0.1) is 0 Å². The van der Waals surface area contributed by atoms with Crippen molar-refractivity contribution >= 4 is 46.6 Å². The van der Waals surface area contributed by atoms with Gasteiger partial charge >= 0.3 is 0 Å². The Morgan fingerprint density at radius 1 is 1.03 bits per heavy atom. The summed E-state index contributed by atoms with van der Waals surface area (Å²) in [5.74, 6) is -0.296. The minimum absolute atomic E-state index is 0.118. The fourth-order valence-electron chi connectivity index (χ4n) is 3.40. The molecule has 0 fully saturated rings. The highest BCUT2D eigenvalue weighted by atomic mass is 32.2. The van der Waals surface area contributed by atoms with E-state index in [2.05, 4.69) is 16.7 Å². The van der Waals surface area contributed by atoms with E-state index in [0.717, 1.165) is 20.9 Å². The van der Waals surface area contributed by atoms with Gasteiger partial charge in [-0.15, -0.1) is 0 Å². The molecular formula is C27H24N4O2S. The van der Waals surface area contributed by atoms with E-state index >= 15 is 0 Å². The van der Waals surface area contributed by atoms with Gasteiger partial charge in [0.05, 0.1) is 22.5 Å². The van der Waals surface area contributed by atoms with Crippen LogP contribution in [0.5, 0.6) is 0 Å². The van der Waals surface area contributed by atoms with Gasteiger partial charge in [0, 0.05) is 41.0 Å². The van der Waals surface area contributed by atoms with Crippen LogP contribution in [-0.2, 0) is 0 Å². The van der Waals surface area contributed by atoms with Crippen LogP contribution >= 0.6 is 11.8 Å². The molecule has 0 aliphatic carbocycles. The summed E-state index contributed by atoms with van der Waals surface area (Å²) < 4.78 is 1.41. The number of carbonyl (C=O) groups is 2. The molecule has 0 bridgehead atoms. The maximum atomic E-state index is 12.9. The Labute approximate surface area is 202 Å². The van der Waals surface area contributed by atoms with Gasteiger partial charge in [-0.2, -0.15) is 9.78 Å². The predicted molar refractivity (Wildman–Crippen MR) is 137 cm³/mol. The highest BCUT2D eigenvalue weighted by Gasteiger charge is 2.18. The number of hydrogen-bond donors (Lipinski definition) is 0. The number of rotatable bonds is 6. The third kappa shape index (κ3) is 4.84. The van der Waals surface area contributed by atoms with Gasteiger partial charge in [0.25, 0.3) is 5.91 Å². The van der Waals surface area contributed by atoms with Crippen LogP contribution < -0.4 is 0 Å². The van der Waals surface area contributed by atoms with Gasteiger partial charge < -0.3 is 4.90 Å². The molecule has 0 aliphatic heterocycles. The first-order valence-electron chi connectivity index (χ1n) is 10.7. The molecule has 2 heterocycles. The highest BCUT2D eigenvalue weighted by molar-refractivity contribution is 7.99. The first-order chi connectivity index (χ1) is 16.3. The van der Waals surface area contributed by atoms with E-state index in [-0.39, 0.29) is 11.8 Å². The van der Waals surface area contributed by atoms with E-state index in [4.69, 9.17) is 0 Å². The largest absolute Gasteiger partial charge is 0.316 e. The van der Waals surface area contributed by atoms with E-state index in [1.54, 1.807) is 20.2 Å². The first-order valence-corrected chi connectivity index (χ1v) is 11.5. The summed E-state index contributed by atoms with van der Waals surface area (Å²) >= 11 is 1.47. The topological polar surface area (TPSA) is 68.1 Å². The molecule has 0 saturated heterocycles. The number of nitrogens with zero attached hydrogens (tertiary/aromatic N) is 4. The van der Waals surface area contributed by atoms with E-state index < -0.39 is 0 Å². The zero-order chi connectivity index (χ0) is 24.2. The summed E-state index contributed by atoms with van der Waals surface area (Å²) in [4.78, 5) is 32.8. The minimum Gasteiger partial charge on any atom is -0.316 e. The Hall–Kier alpha value is -3.97. The first kappa shape index (κ1) is 23.2. The van der Waals surface area contributed by atoms with Crippen LogP contribution in [0.1, 0.15) is 40.4 Å². The molecule has 4 aromatic rings. The second kappa shape index (κ2) is 9.89. The van der Waals surface area contributed by atoms with Gasteiger partial charge in [-0.05, 0) is 61.5 Å². The Morgan fingerprint density at radius 2 is 1.79 bits per heavy atom. The number of pyridine rings is 1. The van der Waals surface area contributed by atoms with Crippen molar-refractivity contribution < 1.29 is 9.59 Å². The molecule has 2 aromatic carbocycles. The minimum atomic E-state index is -0.178. The SMILES string of the molecule is C=C(C)N(C)C(=O)c1ccccc1Sc1ccc2c(/C=C/c3ccccn3)nn(C(C)=O)c2c1. The van der Waals surface area contributed by atoms with Gasteiger partial charge in [0.1, 0.15) is 0 Å². The second-order valence-electron chi connectivity index (χ2n) is 7.78. The van der Waals surface area contributed by atoms with Crippen LogP contribution in [0.2, 0.25) is 0 Å². The number of carbonyl (C=O) groups excluding carboxylic acids is 2.